The lowest BCUT2D eigenvalue weighted by Crippen LogP contribution is -2.17. The zero-order chi connectivity index (χ0) is 15.8. The number of carbonyl (C=O) groups excluding carboxylic acids is 1. The third kappa shape index (κ3) is 4.45. The van der Waals surface area contributed by atoms with Gasteiger partial charge in [-0.15, -0.1) is 0 Å². The first-order valence-corrected chi connectivity index (χ1v) is 7.32. The van der Waals surface area contributed by atoms with Crippen molar-refractivity contribution in [3.8, 4) is 5.75 Å². The zero-order valence-electron chi connectivity index (χ0n) is 12.9. The SMILES string of the molecule is CCCOc1ccccc1C=NNC(=O)c1ccc(C)cc1. The molecule has 2 aromatic carbocycles. The molecule has 4 nitrogen and oxygen atoms in total. The molecule has 0 saturated carbocycles. The van der Waals surface area contributed by atoms with Crippen molar-refractivity contribution in [2.24, 2.45) is 5.10 Å². The van der Waals surface area contributed by atoms with Gasteiger partial charge in [-0.3, -0.25) is 4.79 Å². The van der Waals surface area contributed by atoms with E-state index in [0.29, 0.717) is 12.2 Å². The minimum atomic E-state index is -0.233. The van der Waals surface area contributed by atoms with E-state index in [-0.39, 0.29) is 5.91 Å². The van der Waals surface area contributed by atoms with Gasteiger partial charge in [-0.2, -0.15) is 5.10 Å². The highest BCUT2D eigenvalue weighted by molar-refractivity contribution is 5.95. The fourth-order valence-electron chi connectivity index (χ4n) is 1.86. The number of para-hydroxylation sites is 1. The number of benzene rings is 2. The van der Waals surface area contributed by atoms with Crippen LogP contribution in [0.15, 0.2) is 53.6 Å². The van der Waals surface area contributed by atoms with Crippen molar-refractivity contribution in [1.82, 2.24) is 5.43 Å². The number of ether oxygens (including phenoxy) is 1. The number of aryl methyl sites for hydroxylation is 1. The number of carbonyl (C=O) groups is 1. The van der Waals surface area contributed by atoms with Crippen LogP contribution in [0.4, 0.5) is 0 Å². The smallest absolute Gasteiger partial charge is 0.271 e. The second-order valence-corrected chi connectivity index (χ2v) is 4.95. The van der Waals surface area contributed by atoms with Crippen molar-refractivity contribution < 1.29 is 9.53 Å². The van der Waals surface area contributed by atoms with E-state index in [4.69, 9.17) is 4.74 Å². The fraction of sp³-hybridized carbons (Fsp3) is 0.222. The molecular weight excluding hydrogens is 276 g/mol. The van der Waals surface area contributed by atoms with Crippen molar-refractivity contribution in [2.75, 3.05) is 6.61 Å². The first-order valence-electron chi connectivity index (χ1n) is 7.32. The normalized spacial score (nSPS) is 10.6. The summed E-state index contributed by atoms with van der Waals surface area (Å²) >= 11 is 0. The van der Waals surface area contributed by atoms with Crippen LogP contribution in [-0.2, 0) is 0 Å². The first-order chi connectivity index (χ1) is 10.7. The number of nitrogens with one attached hydrogen (secondary N) is 1. The maximum Gasteiger partial charge on any atom is 0.271 e. The molecule has 0 aliphatic rings. The molecule has 4 heteroatoms. The van der Waals surface area contributed by atoms with Gasteiger partial charge >= 0.3 is 0 Å². The van der Waals surface area contributed by atoms with Crippen LogP contribution in [0, 0.1) is 6.92 Å². The Kier molecular flexibility index (Phi) is 5.72. The van der Waals surface area contributed by atoms with E-state index in [9.17, 15) is 4.79 Å². The third-order valence-corrected chi connectivity index (χ3v) is 3.06. The molecule has 0 radical (unpaired) electrons. The molecule has 0 aliphatic heterocycles. The van der Waals surface area contributed by atoms with Crippen LogP contribution in [0.1, 0.15) is 34.8 Å². The molecular formula is C18H20N2O2. The highest BCUT2D eigenvalue weighted by Crippen LogP contribution is 2.15. The highest BCUT2D eigenvalue weighted by Gasteiger charge is 2.03. The summed E-state index contributed by atoms with van der Waals surface area (Å²) in [5.74, 6) is 0.529. The number of amides is 1. The molecule has 2 rings (SSSR count). The van der Waals surface area contributed by atoms with E-state index in [1.54, 1.807) is 18.3 Å². The van der Waals surface area contributed by atoms with Gasteiger partial charge in [0.1, 0.15) is 5.75 Å². The predicted octanol–water partition coefficient (Wildman–Crippen LogP) is 3.55. The van der Waals surface area contributed by atoms with Crippen molar-refractivity contribution in [2.45, 2.75) is 20.3 Å². The van der Waals surface area contributed by atoms with Crippen LogP contribution in [0.2, 0.25) is 0 Å². The molecule has 1 N–H and O–H groups in total. The maximum atomic E-state index is 11.9. The van der Waals surface area contributed by atoms with Crippen LogP contribution < -0.4 is 10.2 Å². The Morgan fingerprint density at radius 2 is 1.91 bits per heavy atom. The Bertz CT molecular complexity index is 648. The summed E-state index contributed by atoms with van der Waals surface area (Å²) in [5.41, 5.74) is 5.05. The molecule has 1 amide bonds. The topological polar surface area (TPSA) is 50.7 Å². The summed E-state index contributed by atoms with van der Waals surface area (Å²) in [6.45, 7) is 4.69. The van der Waals surface area contributed by atoms with Gasteiger partial charge in [-0.05, 0) is 37.6 Å². The number of hydrogen-bond acceptors (Lipinski definition) is 3. The summed E-state index contributed by atoms with van der Waals surface area (Å²) in [7, 11) is 0. The molecule has 0 fully saturated rings. The van der Waals surface area contributed by atoms with Crippen molar-refractivity contribution >= 4 is 12.1 Å². The van der Waals surface area contributed by atoms with Gasteiger partial charge in [0.25, 0.3) is 5.91 Å². The third-order valence-electron chi connectivity index (χ3n) is 3.06. The zero-order valence-corrected chi connectivity index (χ0v) is 12.9. The Morgan fingerprint density at radius 1 is 1.18 bits per heavy atom. The molecule has 0 heterocycles. The van der Waals surface area contributed by atoms with Gasteiger partial charge in [-0.1, -0.05) is 36.8 Å². The Hall–Kier alpha value is -2.62. The van der Waals surface area contributed by atoms with Crippen LogP contribution in [0.3, 0.4) is 0 Å². The molecule has 2 aromatic rings. The summed E-state index contributed by atoms with van der Waals surface area (Å²) < 4.78 is 5.64. The van der Waals surface area contributed by atoms with Gasteiger partial charge in [0, 0.05) is 11.1 Å². The summed E-state index contributed by atoms with van der Waals surface area (Å²) in [6, 6.07) is 14.9. The second kappa shape index (κ2) is 7.98. The molecule has 22 heavy (non-hydrogen) atoms. The summed E-state index contributed by atoms with van der Waals surface area (Å²) in [4.78, 5) is 11.9. The lowest BCUT2D eigenvalue weighted by molar-refractivity contribution is 0.0955. The second-order valence-electron chi connectivity index (χ2n) is 4.95. The van der Waals surface area contributed by atoms with Gasteiger partial charge < -0.3 is 4.74 Å². The fourth-order valence-corrected chi connectivity index (χ4v) is 1.86. The van der Waals surface area contributed by atoms with E-state index < -0.39 is 0 Å². The van der Waals surface area contributed by atoms with Crippen LogP contribution >= 0.6 is 0 Å². The maximum absolute atomic E-state index is 11.9. The Balaban J connectivity index is 2.00. The standard InChI is InChI=1S/C18H20N2O2/c1-3-12-22-17-7-5-4-6-16(17)13-19-20-18(21)15-10-8-14(2)9-11-15/h4-11,13H,3,12H2,1-2H3,(H,20,21). The number of rotatable bonds is 6. The first kappa shape index (κ1) is 15.8. The molecule has 0 aliphatic carbocycles. The molecule has 0 unspecified atom stereocenters. The molecule has 0 atom stereocenters. The molecule has 0 bridgehead atoms. The van der Waals surface area contributed by atoms with Gasteiger partial charge in [0.05, 0.1) is 12.8 Å². The van der Waals surface area contributed by atoms with Crippen LogP contribution in [0.25, 0.3) is 0 Å². The van der Waals surface area contributed by atoms with Crippen molar-refractivity contribution in [3.05, 3.63) is 65.2 Å². The minimum absolute atomic E-state index is 0.233. The van der Waals surface area contributed by atoms with Gasteiger partial charge in [-0.25, -0.2) is 5.43 Å². The Labute approximate surface area is 130 Å². The minimum Gasteiger partial charge on any atom is -0.493 e. The van der Waals surface area contributed by atoms with E-state index in [1.165, 1.54) is 0 Å². The van der Waals surface area contributed by atoms with E-state index in [0.717, 1.165) is 23.3 Å². The Morgan fingerprint density at radius 3 is 2.64 bits per heavy atom. The average Bonchev–Trinajstić information content (AvgIpc) is 2.54. The number of nitrogens with zero attached hydrogens (tertiary/aromatic N) is 1. The van der Waals surface area contributed by atoms with Gasteiger partial charge in [0.2, 0.25) is 0 Å². The summed E-state index contributed by atoms with van der Waals surface area (Å²) in [5, 5.41) is 4.00. The van der Waals surface area contributed by atoms with Crippen LogP contribution in [0.5, 0.6) is 5.75 Å². The largest absolute Gasteiger partial charge is 0.493 e. The van der Waals surface area contributed by atoms with E-state index in [1.807, 2.05) is 43.3 Å². The molecule has 0 spiro atoms. The molecule has 114 valence electrons. The quantitative estimate of drug-likeness (QED) is 0.654. The average molecular weight is 296 g/mol. The highest BCUT2D eigenvalue weighted by atomic mass is 16.5. The predicted molar refractivity (Wildman–Crippen MR) is 88.5 cm³/mol. The summed E-state index contributed by atoms with van der Waals surface area (Å²) in [6.07, 6.45) is 2.53. The van der Waals surface area contributed by atoms with Crippen molar-refractivity contribution in [1.29, 1.82) is 0 Å². The number of hydrogen-bond donors (Lipinski definition) is 1. The van der Waals surface area contributed by atoms with E-state index >= 15 is 0 Å². The van der Waals surface area contributed by atoms with E-state index in [2.05, 4.69) is 17.5 Å². The van der Waals surface area contributed by atoms with Gasteiger partial charge in [0.15, 0.2) is 0 Å². The molecule has 0 saturated heterocycles. The lowest BCUT2D eigenvalue weighted by Gasteiger charge is -2.07. The number of hydrazone groups is 1. The lowest BCUT2D eigenvalue weighted by atomic mass is 10.1. The van der Waals surface area contributed by atoms with Crippen LogP contribution in [-0.4, -0.2) is 18.7 Å². The molecule has 0 aromatic heterocycles. The monoisotopic (exact) mass is 296 g/mol. The van der Waals surface area contributed by atoms with Crippen molar-refractivity contribution in [3.63, 3.8) is 0 Å².